The molecule has 0 N–H and O–H groups in total. The van der Waals surface area contributed by atoms with Gasteiger partial charge in [0.05, 0.1) is 0 Å². The molecule has 0 aromatic heterocycles. The second-order valence-corrected chi connectivity index (χ2v) is 7.80. The summed E-state index contributed by atoms with van der Waals surface area (Å²) in [5, 5.41) is 0. The quantitative estimate of drug-likeness (QED) is 0.485. The van der Waals surface area contributed by atoms with Crippen molar-refractivity contribution in [3.63, 3.8) is 0 Å². The summed E-state index contributed by atoms with van der Waals surface area (Å²) in [6.45, 7) is 2.00. The van der Waals surface area contributed by atoms with Crippen LogP contribution in [0, 0.1) is 5.92 Å². The monoisotopic (exact) mass is 375 g/mol. The zero-order valence-corrected chi connectivity index (χ0v) is 16.7. The molecule has 27 heavy (non-hydrogen) atoms. The number of benzene rings is 3. The fraction of sp³-hybridized carbons (Fsp3) is 0.208. The van der Waals surface area contributed by atoms with Crippen molar-refractivity contribution in [2.24, 2.45) is 5.92 Å². The second-order valence-electron chi connectivity index (χ2n) is 6.76. The highest BCUT2D eigenvalue weighted by Crippen LogP contribution is 2.26. The van der Waals surface area contributed by atoms with Crippen molar-refractivity contribution in [3.8, 4) is 0 Å². The molecule has 0 saturated carbocycles. The maximum atomic E-state index is 12.8. The van der Waals surface area contributed by atoms with Crippen LogP contribution < -0.4 is 4.90 Å². The van der Waals surface area contributed by atoms with E-state index in [-0.39, 0.29) is 11.8 Å². The average Bonchev–Trinajstić information content (AvgIpc) is 2.73. The third-order valence-electron chi connectivity index (χ3n) is 4.61. The summed E-state index contributed by atoms with van der Waals surface area (Å²) in [7, 11) is 1.86. The van der Waals surface area contributed by atoms with Gasteiger partial charge in [0.2, 0.25) is 5.91 Å². The lowest BCUT2D eigenvalue weighted by atomic mass is 10.00. The predicted molar refractivity (Wildman–Crippen MR) is 115 cm³/mol. The van der Waals surface area contributed by atoms with Crippen LogP contribution in [-0.4, -0.2) is 13.0 Å². The van der Waals surface area contributed by atoms with Crippen LogP contribution in [0.1, 0.15) is 18.1 Å². The van der Waals surface area contributed by atoms with Crippen molar-refractivity contribution >= 4 is 23.4 Å². The van der Waals surface area contributed by atoms with E-state index in [0.717, 1.165) is 17.9 Å². The molecule has 0 bridgehead atoms. The fourth-order valence-corrected chi connectivity index (χ4v) is 3.87. The first-order valence-electron chi connectivity index (χ1n) is 9.22. The Hall–Kier alpha value is -2.52. The summed E-state index contributed by atoms with van der Waals surface area (Å²) in [6, 6.07) is 28.9. The molecule has 0 aliphatic rings. The zero-order chi connectivity index (χ0) is 19.1. The molecule has 0 spiro atoms. The molecule has 0 saturated heterocycles. The summed E-state index contributed by atoms with van der Waals surface area (Å²) in [6.07, 6.45) is 0.759. The number of nitrogens with zero attached hydrogens (tertiary/aromatic N) is 1. The van der Waals surface area contributed by atoms with Gasteiger partial charge >= 0.3 is 0 Å². The Bertz CT molecular complexity index is 847. The van der Waals surface area contributed by atoms with Crippen LogP contribution in [0.3, 0.4) is 0 Å². The molecule has 3 aromatic carbocycles. The molecular weight excluding hydrogens is 350 g/mol. The highest BCUT2D eigenvalue weighted by atomic mass is 32.2. The van der Waals surface area contributed by atoms with Crippen LogP contribution in [0.4, 0.5) is 5.69 Å². The SMILES string of the molecule is C[C@@H](Cc1ccccc1)C(=O)N(C)c1ccc(SCc2ccccc2)cc1. The lowest BCUT2D eigenvalue weighted by Gasteiger charge is -2.22. The molecule has 2 nitrogen and oxygen atoms in total. The third-order valence-corrected chi connectivity index (χ3v) is 5.69. The van der Waals surface area contributed by atoms with Gasteiger partial charge in [0.15, 0.2) is 0 Å². The van der Waals surface area contributed by atoms with E-state index >= 15 is 0 Å². The average molecular weight is 376 g/mol. The van der Waals surface area contributed by atoms with Crippen molar-refractivity contribution in [3.05, 3.63) is 96.1 Å². The van der Waals surface area contributed by atoms with Crippen molar-refractivity contribution in [2.45, 2.75) is 24.0 Å². The molecular formula is C24H25NOS. The molecule has 0 radical (unpaired) electrons. The smallest absolute Gasteiger partial charge is 0.229 e. The number of hydrogen-bond acceptors (Lipinski definition) is 2. The van der Waals surface area contributed by atoms with Gasteiger partial charge in [-0.1, -0.05) is 67.6 Å². The summed E-state index contributed by atoms with van der Waals surface area (Å²) >= 11 is 1.81. The van der Waals surface area contributed by atoms with E-state index in [4.69, 9.17) is 0 Å². The summed E-state index contributed by atoms with van der Waals surface area (Å²) in [5.41, 5.74) is 3.44. The van der Waals surface area contributed by atoms with Gasteiger partial charge in [-0.25, -0.2) is 0 Å². The number of anilines is 1. The predicted octanol–water partition coefficient (Wildman–Crippen LogP) is 5.82. The Labute approximate surface area is 166 Å². The van der Waals surface area contributed by atoms with Gasteiger partial charge in [0.25, 0.3) is 0 Å². The largest absolute Gasteiger partial charge is 0.315 e. The molecule has 3 heteroatoms. The number of carbonyl (C=O) groups is 1. The summed E-state index contributed by atoms with van der Waals surface area (Å²) in [5.74, 6) is 1.04. The number of rotatable bonds is 7. The van der Waals surface area contributed by atoms with E-state index < -0.39 is 0 Å². The molecule has 1 amide bonds. The first-order chi connectivity index (χ1) is 13.1. The Balaban J connectivity index is 1.57. The maximum Gasteiger partial charge on any atom is 0.229 e. The highest BCUT2D eigenvalue weighted by molar-refractivity contribution is 7.98. The molecule has 1 atom stereocenters. The Morgan fingerprint density at radius 3 is 2.00 bits per heavy atom. The zero-order valence-electron chi connectivity index (χ0n) is 15.8. The molecule has 0 unspecified atom stereocenters. The second kappa shape index (κ2) is 9.43. The van der Waals surface area contributed by atoms with Crippen LogP contribution >= 0.6 is 11.8 Å². The Morgan fingerprint density at radius 1 is 0.852 bits per heavy atom. The van der Waals surface area contributed by atoms with Crippen molar-refractivity contribution in [1.29, 1.82) is 0 Å². The fourth-order valence-electron chi connectivity index (χ4n) is 3.02. The minimum Gasteiger partial charge on any atom is -0.315 e. The van der Waals surface area contributed by atoms with Gasteiger partial charge < -0.3 is 4.90 Å². The van der Waals surface area contributed by atoms with E-state index in [0.29, 0.717) is 0 Å². The lowest BCUT2D eigenvalue weighted by molar-refractivity contribution is -0.121. The van der Waals surface area contributed by atoms with Gasteiger partial charge in [0, 0.05) is 29.3 Å². The third kappa shape index (κ3) is 5.48. The Kier molecular flexibility index (Phi) is 6.72. The minimum atomic E-state index is -0.0514. The maximum absolute atomic E-state index is 12.8. The molecule has 3 rings (SSSR count). The van der Waals surface area contributed by atoms with E-state index in [1.807, 2.05) is 50.4 Å². The number of carbonyl (C=O) groups excluding carboxylic acids is 1. The normalized spacial score (nSPS) is 11.8. The van der Waals surface area contributed by atoms with E-state index in [9.17, 15) is 4.79 Å². The minimum absolute atomic E-state index is 0.0514. The van der Waals surface area contributed by atoms with Crippen LogP contribution in [0.2, 0.25) is 0 Å². The van der Waals surface area contributed by atoms with Crippen LogP contribution in [-0.2, 0) is 17.0 Å². The first-order valence-corrected chi connectivity index (χ1v) is 10.2. The van der Waals surface area contributed by atoms with Gasteiger partial charge in [-0.05, 0) is 41.8 Å². The van der Waals surface area contributed by atoms with E-state index in [2.05, 4.69) is 48.5 Å². The topological polar surface area (TPSA) is 20.3 Å². The number of thioether (sulfide) groups is 1. The van der Waals surface area contributed by atoms with Crippen molar-refractivity contribution < 1.29 is 4.79 Å². The molecule has 138 valence electrons. The lowest BCUT2D eigenvalue weighted by Crippen LogP contribution is -2.32. The van der Waals surface area contributed by atoms with Crippen LogP contribution in [0.5, 0.6) is 0 Å². The number of hydrogen-bond donors (Lipinski definition) is 0. The summed E-state index contributed by atoms with van der Waals surface area (Å²) in [4.78, 5) is 15.7. The van der Waals surface area contributed by atoms with Crippen LogP contribution in [0.25, 0.3) is 0 Å². The van der Waals surface area contributed by atoms with Crippen molar-refractivity contribution in [2.75, 3.05) is 11.9 Å². The molecule has 0 heterocycles. The number of amides is 1. The molecule has 0 fully saturated rings. The van der Waals surface area contributed by atoms with Crippen LogP contribution in [0.15, 0.2) is 89.8 Å². The summed E-state index contributed by atoms with van der Waals surface area (Å²) < 4.78 is 0. The van der Waals surface area contributed by atoms with Gasteiger partial charge in [-0.15, -0.1) is 11.8 Å². The van der Waals surface area contributed by atoms with Gasteiger partial charge in [0.1, 0.15) is 0 Å². The molecule has 3 aromatic rings. The first kappa shape index (κ1) is 19.2. The Morgan fingerprint density at radius 2 is 1.41 bits per heavy atom. The van der Waals surface area contributed by atoms with Crippen molar-refractivity contribution in [1.82, 2.24) is 0 Å². The van der Waals surface area contributed by atoms with Gasteiger partial charge in [-0.2, -0.15) is 0 Å². The van der Waals surface area contributed by atoms with E-state index in [1.165, 1.54) is 16.0 Å². The van der Waals surface area contributed by atoms with E-state index in [1.54, 1.807) is 16.7 Å². The van der Waals surface area contributed by atoms with Gasteiger partial charge in [-0.3, -0.25) is 4.79 Å². The molecule has 0 aliphatic carbocycles. The molecule has 0 aliphatic heterocycles. The standard InChI is InChI=1S/C24H25NOS/c1-19(17-20-9-5-3-6-10-20)24(26)25(2)22-13-15-23(16-14-22)27-18-21-11-7-4-8-12-21/h3-16,19H,17-18H2,1-2H3/t19-/m0/s1. The highest BCUT2D eigenvalue weighted by Gasteiger charge is 2.19.